The highest BCUT2D eigenvalue weighted by Crippen LogP contribution is 2.42. The van der Waals surface area contributed by atoms with Crippen LogP contribution in [0, 0.1) is 5.92 Å². The quantitative estimate of drug-likeness (QED) is 0.735. The van der Waals surface area contributed by atoms with Gasteiger partial charge in [-0.15, -0.1) is 11.6 Å². The fraction of sp³-hybridized carbons (Fsp3) is 0.588. The highest BCUT2D eigenvalue weighted by atomic mass is 35.5. The zero-order valence-electron chi connectivity index (χ0n) is 13.1. The monoisotopic (exact) mass is 306 g/mol. The Bertz CT molecular complexity index is 642. The predicted octanol–water partition coefficient (Wildman–Crippen LogP) is 5.09. The van der Waals surface area contributed by atoms with E-state index in [4.69, 9.17) is 21.3 Å². The van der Waals surface area contributed by atoms with Gasteiger partial charge >= 0.3 is 0 Å². The van der Waals surface area contributed by atoms with Gasteiger partial charge in [0.05, 0.1) is 17.0 Å². The van der Waals surface area contributed by atoms with Gasteiger partial charge in [0.25, 0.3) is 0 Å². The number of imidazole rings is 1. The average molecular weight is 307 g/mol. The number of ether oxygens (including phenoxy) is 1. The minimum absolute atomic E-state index is 0.0970. The van der Waals surface area contributed by atoms with Crippen LogP contribution >= 0.6 is 11.6 Å². The van der Waals surface area contributed by atoms with Crippen molar-refractivity contribution in [1.29, 1.82) is 0 Å². The van der Waals surface area contributed by atoms with Gasteiger partial charge in [-0.1, -0.05) is 13.0 Å². The number of aromatic nitrogens is 2. The van der Waals surface area contributed by atoms with E-state index in [0.717, 1.165) is 28.5 Å². The highest BCUT2D eigenvalue weighted by Gasteiger charge is 2.31. The zero-order valence-corrected chi connectivity index (χ0v) is 13.9. The minimum Gasteiger partial charge on any atom is -0.489 e. The third-order valence-electron chi connectivity index (χ3n) is 4.14. The molecule has 1 aromatic heterocycles. The van der Waals surface area contributed by atoms with Crippen LogP contribution in [0.1, 0.15) is 57.8 Å². The molecule has 2 aromatic rings. The van der Waals surface area contributed by atoms with Crippen LogP contribution in [0.4, 0.5) is 0 Å². The summed E-state index contributed by atoms with van der Waals surface area (Å²) >= 11 is 6.38. The molecule has 1 aliphatic rings. The van der Waals surface area contributed by atoms with Gasteiger partial charge in [0, 0.05) is 6.04 Å². The van der Waals surface area contributed by atoms with Crippen molar-refractivity contribution in [3.63, 3.8) is 0 Å². The molecule has 0 spiro atoms. The Balaban J connectivity index is 2.13. The first-order chi connectivity index (χ1) is 9.97. The number of rotatable bonds is 4. The van der Waals surface area contributed by atoms with Crippen LogP contribution in [0.2, 0.25) is 0 Å². The van der Waals surface area contributed by atoms with Gasteiger partial charge in [0.15, 0.2) is 0 Å². The average Bonchev–Trinajstić information content (AvgIpc) is 2.75. The minimum atomic E-state index is -0.0970. The van der Waals surface area contributed by atoms with Gasteiger partial charge in [0.1, 0.15) is 17.1 Å². The van der Waals surface area contributed by atoms with Crippen LogP contribution in [0.15, 0.2) is 18.2 Å². The summed E-state index contributed by atoms with van der Waals surface area (Å²) in [7, 11) is 0. The molecule has 0 amide bonds. The van der Waals surface area contributed by atoms with Crippen molar-refractivity contribution < 1.29 is 4.74 Å². The lowest BCUT2D eigenvalue weighted by atomic mass is 9.81. The first-order valence-electron chi connectivity index (χ1n) is 7.79. The molecular formula is C17H23ClN2O. The Morgan fingerprint density at radius 1 is 1.29 bits per heavy atom. The Morgan fingerprint density at radius 3 is 2.57 bits per heavy atom. The predicted molar refractivity (Wildman–Crippen MR) is 87.2 cm³/mol. The molecule has 1 aromatic carbocycles. The molecule has 1 unspecified atom stereocenters. The Labute approximate surface area is 131 Å². The molecular weight excluding hydrogens is 284 g/mol. The van der Waals surface area contributed by atoms with E-state index in [2.05, 4.69) is 17.6 Å². The van der Waals surface area contributed by atoms with Gasteiger partial charge in [-0.05, 0) is 51.7 Å². The molecule has 0 radical (unpaired) electrons. The largest absolute Gasteiger partial charge is 0.489 e. The molecule has 0 saturated heterocycles. The Morgan fingerprint density at radius 2 is 2.00 bits per heavy atom. The molecule has 0 bridgehead atoms. The number of hydrogen-bond donors (Lipinski definition) is 0. The number of benzene rings is 1. The van der Waals surface area contributed by atoms with E-state index in [1.54, 1.807) is 0 Å². The Kier molecular flexibility index (Phi) is 3.87. The van der Waals surface area contributed by atoms with Gasteiger partial charge < -0.3 is 9.30 Å². The number of nitrogens with zero attached hydrogens (tertiary/aromatic N) is 2. The lowest BCUT2D eigenvalue weighted by Gasteiger charge is -2.35. The lowest BCUT2D eigenvalue weighted by molar-refractivity contribution is 0.216. The van der Waals surface area contributed by atoms with Crippen LogP contribution in [-0.2, 0) is 0 Å². The van der Waals surface area contributed by atoms with Gasteiger partial charge in [0.2, 0.25) is 0 Å². The number of halogens is 1. The van der Waals surface area contributed by atoms with Crippen molar-refractivity contribution >= 4 is 22.6 Å². The fourth-order valence-electron chi connectivity index (χ4n) is 3.19. The summed E-state index contributed by atoms with van der Waals surface area (Å²) in [6.07, 6.45) is 2.55. The SMILES string of the molecule is CC1CC(n2c(C(C)Cl)nc3c(OC(C)C)cccc32)C1. The normalized spacial score (nSPS) is 23.3. The highest BCUT2D eigenvalue weighted by molar-refractivity contribution is 6.20. The maximum Gasteiger partial charge on any atom is 0.147 e. The first kappa shape index (κ1) is 14.7. The van der Waals surface area contributed by atoms with E-state index in [-0.39, 0.29) is 11.5 Å². The first-order valence-corrected chi connectivity index (χ1v) is 8.22. The van der Waals surface area contributed by atoms with Crippen molar-refractivity contribution in [3.8, 4) is 5.75 Å². The molecule has 1 atom stereocenters. The van der Waals surface area contributed by atoms with Gasteiger partial charge in [-0.25, -0.2) is 4.98 Å². The topological polar surface area (TPSA) is 27.1 Å². The fourth-order valence-corrected chi connectivity index (χ4v) is 3.35. The van der Waals surface area contributed by atoms with Crippen LogP contribution in [0.3, 0.4) is 0 Å². The maximum absolute atomic E-state index is 6.38. The molecule has 1 saturated carbocycles. The third-order valence-corrected chi connectivity index (χ3v) is 4.34. The molecule has 4 heteroatoms. The molecule has 21 heavy (non-hydrogen) atoms. The summed E-state index contributed by atoms with van der Waals surface area (Å²) in [6, 6.07) is 6.69. The van der Waals surface area contributed by atoms with Crippen LogP contribution in [0.25, 0.3) is 11.0 Å². The van der Waals surface area contributed by atoms with E-state index >= 15 is 0 Å². The van der Waals surface area contributed by atoms with E-state index in [1.807, 2.05) is 32.9 Å². The summed E-state index contributed by atoms with van der Waals surface area (Å²) in [5, 5.41) is -0.0970. The van der Waals surface area contributed by atoms with E-state index in [9.17, 15) is 0 Å². The second kappa shape index (κ2) is 5.53. The van der Waals surface area contributed by atoms with Gasteiger partial charge in [-0.3, -0.25) is 0 Å². The molecule has 3 rings (SSSR count). The number of fused-ring (bicyclic) bond motifs is 1. The maximum atomic E-state index is 6.38. The number of alkyl halides is 1. The number of para-hydroxylation sites is 1. The molecule has 0 N–H and O–H groups in total. The molecule has 1 fully saturated rings. The van der Waals surface area contributed by atoms with Crippen LogP contribution in [0.5, 0.6) is 5.75 Å². The van der Waals surface area contributed by atoms with Crippen molar-refractivity contribution in [2.24, 2.45) is 5.92 Å². The molecule has 1 heterocycles. The Hall–Kier alpha value is -1.22. The van der Waals surface area contributed by atoms with Crippen LogP contribution in [-0.4, -0.2) is 15.7 Å². The summed E-state index contributed by atoms with van der Waals surface area (Å²) in [5.41, 5.74) is 2.08. The smallest absolute Gasteiger partial charge is 0.147 e. The lowest BCUT2D eigenvalue weighted by Crippen LogP contribution is -2.26. The summed E-state index contributed by atoms with van der Waals surface area (Å²) in [4.78, 5) is 4.80. The number of hydrogen-bond acceptors (Lipinski definition) is 2. The molecule has 0 aliphatic heterocycles. The molecule has 1 aliphatic carbocycles. The standard InChI is InChI=1S/C17H23ClN2O/c1-10(2)21-15-7-5-6-14-16(15)19-17(12(4)18)20(14)13-8-11(3)9-13/h5-7,10-13H,8-9H2,1-4H3. The summed E-state index contributed by atoms with van der Waals surface area (Å²) in [5.74, 6) is 2.61. The van der Waals surface area contributed by atoms with Gasteiger partial charge in [-0.2, -0.15) is 0 Å². The van der Waals surface area contributed by atoms with Crippen molar-refractivity contribution in [1.82, 2.24) is 9.55 Å². The zero-order chi connectivity index (χ0) is 15.1. The second-order valence-electron chi connectivity index (χ2n) is 6.48. The molecule has 114 valence electrons. The van der Waals surface area contributed by atoms with Crippen molar-refractivity contribution in [2.45, 2.75) is 58.1 Å². The third kappa shape index (κ3) is 2.64. The molecule has 3 nitrogen and oxygen atoms in total. The summed E-state index contributed by atoms with van der Waals surface area (Å²) < 4.78 is 8.24. The van der Waals surface area contributed by atoms with E-state index in [1.165, 1.54) is 12.8 Å². The van der Waals surface area contributed by atoms with E-state index < -0.39 is 0 Å². The second-order valence-corrected chi connectivity index (χ2v) is 7.13. The van der Waals surface area contributed by atoms with E-state index in [0.29, 0.717) is 6.04 Å². The van der Waals surface area contributed by atoms with Crippen molar-refractivity contribution in [3.05, 3.63) is 24.0 Å². The van der Waals surface area contributed by atoms with Crippen molar-refractivity contribution in [2.75, 3.05) is 0 Å². The summed E-state index contributed by atoms with van der Waals surface area (Å²) in [6.45, 7) is 8.36. The van der Waals surface area contributed by atoms with Crippen LogP contribution < -0.4 is 4.74 Å².